The minimum Gasteiger partial charge on any atom is -0.360 e. The lowest BCUT2D eigenvalue weighted by Crippen LogP contribution is -2.50. The molecular weight excluding hydrogens is 413 g/mol. The Morgan fingerprint density at radius 2 is 1.90 bits per heavy atom. The molecule has 29 heavy (non-hydrogen) atoms. The summed E-state index contributed by atoms with van der Waals surface area (Å²) in [7, 11) is -4.06. The second-order valence-corrected chi connectivity index (χ2v) is 8.51. The molecule has 1 saturated heterocycles. The predicted molar refractivity (Wildman–Crippen MR) is 96.5 cm³/mol. The van der Waals surface area contributed by atoms with Crippen LogP contribution in [0.2, 0.25) is 0 Å². The SMILES string of the molecule is Cc1cc(NC(=O)CN2CCN(S(=O)(=O)c3cccc(C(F)(F)F)c3)CC2)no1. The maximum Gasteiger partial charge on any atom is 0.416 e. The van der Waals surface area contributed by atoms with Crippen LogP contribution in [0.1, 0.15) is 11.3 Å². The number of hydrogen-bond donors (Lipinski definition) is 1. The van der Waals surface area contributed by atoms with Gasteiger partial charge in [-0.3, -0.25) is 9.69 Å². The van der Waals surface area contributed by atoms with Gasteiger partial charge in [0.1, 0.15) is 5.76 Å². The van der Waals surface area contributed by atoms with Crippen molar-refractivity contribution < 1.29 is 30.9 Å². The fourth-order valence-electron chi connectivity index (χ4n) is 2.92. The van der Waals surface area contributed by atoms with Crippen molar-refractivity contribution in [2.75, 3.05) is 38.0 Å². The van der Waals surface area contributed by atoms with Gasteiger partial charge in [-0.05, 0) is 25.1 Å². The van der Waals surface area contributed by atoms with E-state index in [9.17, 15) is 26.4 Å². The van der Waals surface area contributed by atoms with Crippen molar-refractivity contribution in [3.05, 3.63) is 41.7 Å². The number of sulfonamides is 1. The van der Waals surface area contributed by atoms with Gasteiger partial charge in [-0.25, -0.2) is 8.42 Å². The molecule has 8 nitrogen and oxygen atoms in total. The van der Waals surface area contributed by atoms with Crippen LogP contribution in [0.5, 0.6) is 0 Å². The van der Waals surface area contributed by atoms with Crippen LogP contribution >= 0.6 is 0 Å². The van der Waals surface area contributed by atoms with E-state index in [4.69, 9.17) is 4.52 Å². The molecule has 1 aromatic carbocycles. The zero-order valence-electron chi connectivity index (χ0n) is 15.4. The minimum absolute atomic E-state index is 0.0311. The van der Waals surface area contributed by atoms with Crippen molar-refractivity contribution in [2.24, 2.45) is 0 Å². The number of carbonyl (C=O) groups is 1. The maximum atomic E-state index is 12.9. The number of halogens is 3. The minimum atomic E-state index is -4.63. The summed E-state index contributed by atoms with van der Waals surface area (Å²) in [5, 5.41) is 6.23. The molecule has 1 aliphatic heterocycles. The molecule has 1 N–H and O–H groups in total. The van der Waals surface area contributed by atoms with Gasteiger partial charge in [0.25, 0.3) is 0 Å². The lowest BCUT2D eigenvalue weighted by molar-refractivity contribution is -0.137. The van der Waals surface area contributed by atoms with E-state index in [1.54, 1.807) is 17.9 Å². The summed E-state index contributed by atoms with van der Waals surface area (Å²) in [5.41, 5.74) is -1.02. The Morgan fingerprint density at radius 3 is 2.48 bits per heavy atom. The second kappa shape index (κ2) is 8.13. The van der Waals surface area contributed by atoms with E-state index in [0.717, 1.165) is 22.5 Å². The molecule has 12 heteroatoms. The number of benzene rings is 1. The van der Waals surface area contributed by atoms with Gasteiger partial charge in [-0.1, -0.05) is 11.2 Å². The lowest BCUT2D eigenvalue weighted by atomic mass is 10.2. The molecule has 2 heterocycles. The molecule has 0 atom stereocenters. The van der Waals surface area contributed by atoms with Gasteiger partial charge in [0, 0.05) is 32.2 Å². The quantitative estimate of drug-likeness (QED) is 0.776. The molecular formula is C17H19F3N4O4S. The van der Waals surface area contributed by atoms with Gasteiger partial charge in [-0.2, -0.15) is 17.5 Å². The molecule has 1 amide bonds. The van der Waals surface area contributed by atoms with Gasteiger partial charge in [-0.15, -0.1) is 0 Å². The molecule has 158 valence electrons. The molecule has 0 aliphatic carbocycles. The molecule has 2 aromatic rings. The van der Waals surface area contributed by atoms with Crippen LogP contribution in [0.15, 0.2) is 39.8 Å². The standard InChI is InChI=1S/C17H19F3N4O4S/c1-12-9-15(22-28-12)21-16(25)11-23-5-7-24(8-6-23)29(26,27)14-4-2-3-13(10-14)17(18,19)20/h2-4,9-10H,5-8,11H2,1H3,(H,21,22,25). The fourth-order valence-corrected chi connectivity index (χ4v) is 4.39. The van der Waals surface area contributed by atoms with Gasteiger partial charge in [0.05, 0.1) is 17.0 Å². The van der Waals surface area contributed by atoms with E-state index in [0.29, 0.717) is 17.6 Å². The summed E-state index contributed by atoms with van der Waals surface area (Å²) >= 11 is 0. The van der Waals surface area contributed by atoms with Gasteiger partial charge >= 0.3 is 6.18 Å². The maximum absolute atomic E-state index is 12.9. The highest BCUT2D eigenvalue weighted by Crippen LogP contribution is 2.31. The third-order valence-corrected chi connectivity index (χ3v) is 6.29. The summed E-state index contributed by atoms with van der Waals surface area (Å²) < 4.78 is 69.9. The summed E-state index contributed by atoms with van der Waals surface area (Å²) in [6.45, 7) is 2.38. The van der Waals surface area contributed by atoms with Gasteiger partial charge in [0.2, 0.25) is 15.9 Å². The van der Waals surface area contributed by atoms with Gasteiger partial charge in [0.15, 0.2) is 5.82 Å². The van der Waals surface area contributed by atoms with Gasteiger partial charge < -0.3 is 9.84 Å². The Hall–Kier alpha value is -2.44. The third-order valence-electron chi connectivity index (χ3n) is 4.39. The number of nitrogens with zero attached hydrogens (tertiary/aromatic N) is 3. The van der Waals surface area contributed by atoms with E-state index in [-0.39, 0.29) is 38.6 Å². The number of nitrogens with one attached hydrogen (secondary N) is 1. The normalized spacial score (nSPS) is 16.7. The zero-order chi connectivity index (χ0) is 21.2. The number of aryl methyl sites for hydroxylation is 1. The number of alkyl halides is 3. The highest BCUT2D eigenvalue weighted by molar-refractivity contribution is 7.89. The molecule has 0 radical (unpaired) electrons. The van der Waals surface area contributed by atoms with Crippen LogP contribution in [-0.4, -0.2) is 61.4 Å². The Morgan fingerprint density at radius 1 is 1.21 bits per heavy atom. The average molecular weight is 432 g/mol. The Kier molecular flexibility index (Phi) is 5.96. The lowest BCUT2D eigenvalue weighted by Gasteiger charge is -2.33. The van der Waals surface area contributed by atoms with E-state index >= 15 is 0 Å². The monoisotopic (exact) mass is 432 g/mol. The topological polar surface area (TPSA) is 95.8 Å². The van der Waals surface area contributed by atoms with Crippen molar-refractivity contribution >= 4 is 21.7 Å². The number of rotatable bonds is 5. The Labute approximate surface area is 165 Å². The first-order chi connectivity index (χ1) is 13.6. The highest BCUT2D eigenvalue weighted by Gasteiger charge is 2.34. The molecule has 0 spiro atoms. The predicted octanol–water partition coefficient (Wildman–Crippen LogP) is 1.95. The van der Waals surface area contributed by atoms with E-state index in [1.807, 2.05) is 0 Å². The molecule has 1 aliphatic rings. The first-order valence-electron chi connectivity index (χ1n) is 8.68. The van der Waals surface area contributed by atoms with Crippen LogP contribution in [0.4, 0.5) is 19.0 Å². The Bertz CT molecular complexity index is 983. The second-order valence-electron chi connectivity index (χ2n) is 6.58. The largest absolute Gasteiger partial charge is 0.416 e. The van der Waals surface area contributed by atoms with Crippen molar-refractivity contribution in [3.8, 4) is 0 Å². The smallest absolute Gasteiger partial charge is 0.360 e. The number of hydrogen-bond acceptors (Lipinski definition) is 6. The van der Waals surface area contributed by atoms with Crippen LogP contribution in [0, 0.1) is 6.92 Å². The van der Waals surface area contributed by atoms with Crippen molar-refractivity contribution in [1.82, 2.24) is 14.4 Å². The first-order valence-corrected chi connectivity index (χ1v) is 10.1. The molecule has 3 rings (SSSR count). The molecule has 0 unspecified atom stereocenters. The van der Waals surface area contributed by atoms with E-state index < -0.39 is 26.7 Å². The van der Waals surface area contributed by atoms with Crippen LogP contribution in [0.3, 0.4) is 0 Å². The molecule has 0 bridgehead atoms. The highest BCUT2D eigenvalue weighted by atomic mass is 32.2. The number of piperazine rings is 1. The van der Waals surface area contributed by atoms with Crippen molar-refractivity contribution in [1.29, 1.82) is 0 Å². The van der Waals surface area contributed by atoms with Crippen molar-refractivity contribution in [2.45, 2.75) is 18.0 Å². The number of aromatic nitrogens is 1. The zero-order valence-corrected chi connectivity index (χ0v) is 16.3. The summed E-state index contributed by atoms with van der Waals surface area (Å²) in [5.74, 6) is 0.513. The fraction of sp³-hybridized carbons (Fsp3) is 0.412. The number of amides is 1. The summed E-state index contributed by atoms with van der Waals surface area (Å²) in [6, 6.07) is 5.24. The van der Waals surface area contributed by atoms with Crippen molar-refractivity contribution in [3.63, 3.8) is 0 Å². The summed E-state index contributed by atoms with van der Waals surface area (Å²) in [6.07, 6.45) is -4.63. The molecule has 1 fully saturated rings. The average Bonchev–Trinajstić information content (AvgIpc) is 3.06. The van der Waals surface area contributed by atoms with Crippen LogP contribution in [-0.2, 0) is 21.0 Å². The van der Waals surface area contributed by atoms with Crippen LogP contribution < -0.4 is 5.32 Å². The Balaban J connectivity index is 1.59. The first kappa shape index (κ1) is 21.3. The summed E-state index contributed by atoms with van der Waals surface area (Å²) in [4.78, 5) is 13.4. The third kappa shape index (κ3) is 5.14. The van der Waals surface area contributed by atoms with E-state index in [2.05, 4.69) is 10.5 Å². The number of anilines is 1. The molecule has 0 saturated carbocycles. The van der Waals surface area contributed by atoms with Crippen LogP contribution in [0.25, 0.3) is 0 Å². The van der Waals surface area contributed by atoms with E-state index in [1.165, 1.54) is 0 Å². The number of carbonyl (C=O) groups excluding carboxylic acids is 1. The molecule has 1 aromatic heterocycles.